The van der Waals surface area contributed by atoms with Crippen LogP contribution in [-0.2, 0) is 18.9 Å². The maximum absolute atomic E-state index is 14.2. The van der Waals surface area contributed by atoms with Crippen LogP contribution < -0.4 is 14.7 Å². The van der Waals surface area contributed by atoms with Crippen molar-refractivity contribution in [3.8, 4) is 0 Å². The molecule has 0 bridgehead atoms. The number of carboxylic acid groups (broad SMARTS) is 1. The summed E-state index contributed by atoms with van der Waals surface area (Å²) in [4.78, 5) is 29.2. The third-order valence-corrected chi connectivity index (χ3v) is 8.05. The minimum atomic E-state index is -4.87. The Balaban J connectivity index is 1.36. The fourth-order valence-corrected chi connectivity index (χ4v) is 5.75. The highest BCUT2D eigenvalue weighted by atomic mass is 19.4. The van der Waals surface area contributed by atoms with Crippen LogP contribution in [0.15, 0.2) is 60.7 Å². The van der Waals surface area contributed by atoms with Gasteiger partial charge in [-0.05, 0) is 42.0 Å². The molecule has 0 radical (unpaired) electrons. The minimum absolute atomic E-state index is 0.0135. The van der Waals surface area contributed by atoms with Gasteiger partial charge in [-0.1, -0.05) is 18.2 Å². The Morgan fingerprint density at radius 2 is 1.36 bits per heavy atom. The van der Waals surface area contributed by atoms with E-state index in [0.717, 1.165) is 17.7 Å². The minimum Gasteiger partial charge on any atom is -0.478 e. The summed E-state index contributed by atoms with van der Waals surface area (Å²) in [7, 11) is 0. The summed E-state index contributed by atoms with van der Waals surface area (Å²) < 4.78 is 82.3. The maximum Gasteiger partial charge on any atom is 0.418 e. The molecule has 0 aromatic heterocycles. The van der Waals surface area contributed by atoms with Crippen LogP contribution in [0, 0.1) is 10.1 Å². The molecule has 15 heteroatoms. The number of rotatable bonds is 7. The van der Waals surface area contributed by atoms with Gasteiger partial charge in [-0.2, -0.15) is 26.3 Å². The van der Waals surface area contributed by atoms with E-state index in [1.165, 1.54) is 24.3 Å². The van der Waals surface area contributed by atoms with Crippen LogP contribution >= 0.6 is 0 Å². The first kappa shape index (κ1) is 31.9. The molecule has 5 rings (SSSR count). The number of hydrogen-bond acceptors (Lipinski definition) is 7. The highest BCUT2D eigenvalue weighted by Crippen LogP contribution is 2.44. The van der Waals surface area contributed by atoms with Crippen molar-refractivity contribution in [2.24, 2.45) is 0 Å². The normalized spacial score (nSPS) is 16.6. The topological polar surface area (TPSA) is 93.4 Å². The van der Waals surface area contributed by atoms with Gasteiger partial charge < -0.3 is 19.8 Å². The Kier molecular flexibility index (Phi) is 8.83. The molecule has 2 saturated heterocycles. The van der Waals surface area contributed by atoms with Crippen molar-refractivity contribution in [1.82, 2.24) is 4.90 Å². The van der Waals surface area contributed by atoms with E-state index in [0.29, 0.717) is 31.4 Å². The van der Waals surface area contributed by atoms with E-state index in [-0.39, 0.29) is 56.2 Å². The van der Waals surface area contributed by atoms with E-state index in [9.17, 15) is 46.4 Å². The number of nitro groups is 1. The van der Waals surface area contributed by atoms with Crippen molar-refractivity contribution in [3.63, 3.8) is 0 Å². The third-order valence-electron chi connectivity index (χ3n) is 8.05. The Labute approximate surface area is 254 Å². The molecular weight excluding hydrogens is 608 g/mol. The van der Waals surface area contributed by atoms with Gasteiger partial charge >= 0.3 is 18.3 Å². The van der Waals surface area contributed by atoms with Crippen molar-refractivity contribution in [1.29, 1.82) is 0 Å². The number of carbonyl (C=O) groups is 1. The summed E-state index contributed by atoms with van der Waals surface area (Å²) >= 11 is 0. The summed E-state index contributed by atoms with van der Waals surface area (Å²) in [5.41, 5.74) is -1.58. The van der Waals surface area contributed by atoms with Gasteiger partial charge in [0.15, 0.2) is 0 Å². The average Bonchev–Trinajstić information content (AvgIpc) is 3.00. The first-order chi connectivity index (χ1) is 21.2. The van der Waals surface area contributed by atoms with Crippen molar-refractivity contribution in [2.45, 2.75) is 18.9 Å². The smallest absolute Gasteiger partial charge is 0.418 e. The van der Waals surface area contributed by atoms with Crippen LogP contribution in [0.2, 0.25) is 0 Å². The first-order valence-corrected chi connectivity index (χ1v) is 14.1. The monoisotopic (exact) mass is 637 g/mol. The lowest BCUT2D eigenvalue weighted by Crippen LogP contribution is -2.47. The zero-order valence-corrected chi connectivity index (χ0v) is 23.8. The molecule has 2 aliphatic heterocycles. The van der Waals surface area contributed by atoms with Crippen molar-refractivity contribution >= 4 is 28.7 Å². The summed E-state index contributed by atoms with van der Waals surface area (Å²) in [5, 5.41) is 21.2. The zero-order valence-electron chi connectivity index (χ0n) is 23.8. The highest BCUT2D eigenvalue weighted by molar-refractivity contribution is 5.87. The molecule has 0 aliphatic carbocycles. The standard InChI is InChI=1S/C30H29F6N5O4/c31-29(32,33)22-5-2-6-23(16-22)38-11-13-40(14-12-38)26-18-25(24(30(34,35)36)17-27(26)41(44)45)39-9-7-37(8-10-39)19-20-3-1-4-21(15-20)28(42)43/h1-6,15-18H,7-14,19H2,(H,42,43). The molecule has 0 atom stereocenters. The Morgan fingerprint density at radius 1 is 0.756 bits per heavy atom. The number of nitro benzene ring substituents is 1. The van der Waals surface area contributed by atoms with Crippen LogP contribution in [0.4, 0.5) is 49.1 Å². The highest BCUT2D eigenvalue weighted by Gasteiger charge is 2.39. The molecule has 240 valence electrons. The Hall–Kier alpha value is -4.53. The lowest BCUT2D eigenvalue weighted by atomic mass is 10.1. The summed E-state index contributed by atoms with van der Waals surface area (Å²) in [5.74, 6) is -1.06. The van der Waals surface area contributed by atoms with Gasteiger partial charge in [0.1, 0.15) is 5.69 Å². The summed E-state index contributed by atoms with van der Waals surface area (Å²) in [6, 6.07) is 13.0. The van der Waals surface area contributed by atoms with E-state index in [4.69, 9.17) is 0 Å². The first-order valence-electron chi connectivity index (χ1n) is 14.1. The molecule has 0 spiro atoms. The molecule has 45 heavy (non-hydrogen) atoms. The van der Waals surface area contributed by atoms with Gasteiger partial charge in [0.2, 0.25) is 0 Å². The van der Waals surface area contributed by atoms with Gasteiger partial charge in [0.05, 0.1) is 27.3 Å². The molecule has 1 N–H and O–H groups in total. The van der Waals surface area contributed by atoms with Crippen LogP contribution in [0.25, 0.3) is 0 Å². The Bertz CT molecular complexity index is 1570. The number of piperazine rings is 2. The lowest BCUT2D eigenvalue weighted by Gasteiger charge is -2.39. The lowest BCUT2D eigenvalue weighted by molar-refractivity contribution is -0.384. The number of alkyl halides is 6. The molecule has 9 nitrogen and oxygen atoms in total. The number of nitrogens with zero attached hydrogens (tertiary/aromatic N) is 5. The summed E-state index contributed by atoms with van der Waals surface area (Å²) in [6.07, 6.45) is -9.39. The van der Waals surface area contributed by atoms with Crippen molar-refractivity contribution < 1.29 is 41.2 Å². The van der Waals surface area contributed by atoms with Gasteiger partial charge in [-0.3, -0.25) is 15.0 Å². The zero-order chi connectivity index (χ0) is 32.5. The van der Waals surface area contributed by atoms with Gasteiger partial charge in [-0.15, -0.1) is 0 Å². The second-order valence-electron chi connectivity index (χ2n) is 10.9. The van der Waals surface area contributed by atoms with E-state index in [1.54, 1.807) is 32.9 Å². The summed E-state index contributed by atoms with van der Waals surface area (Å²) in [6.45, 7) is 2.24. The second-order valence-corrected chi connectivity index (χ2v) is 10.9. The fraction of sp³-hybridized carbons (Fsp3) is 0.367. The molecule has 0 unspecified atom stereocenters. The number of benzene rings is 3. The van der Waals surface area contributed by atoms with Crippen LogP contribution in [-0.4, -0.2) is 73.3 Å². The maximum atomic E-state index is 14.2. The van der Waals surface area contributed by atoms with Gasteiger partial charge in [-0.25, -0.2) is 4.79 Å². The van der Waals surface area contributed by atoms with Crippen molar-refractivity contribution in [2.75, 3.05) is 67.1 Å². The average molecular weight is 638 g/mol. The quantitative estimate of drug-likeness (QED) is 0.192. The number of aromatic carboxylic acids is 1. The predicted octanol–water partition coefficient (Wildman–Crippen LogP) is 5.98. The fourth-order valence-electron chi connectivity index (χ4n) is 5.75. The van der Waals surface area contributed by atoms with E-state index in [2.05, 4.69) is 0 Å². The number of halogens is 6. The van der Waals surface area contributed by atoms with Crippen molar-refractivity contribution in [3.05, 3.63) is 93.0 Å². The predicted molar refractivity (Wildman–Crippen MR) is 155 cm³/mol. The third kappa shape index (κ3) is 7.24. The molecule has 3 aromatic carbocycles. The molecule has 2 aliphatic rings. The van der Waals surface area contributed by atoms with E-state index >= 15 is 0 Å². The van der Waals surface area contributed by atoms with E-state index < -0.39 is 40.1 Å². The number of anilines is 3. The molecule has 3 aromatic rings. The van der Waals surface area contributed by atoms with Crippen LogP contribution in [0.5, 0.6) is 0 Å². The molecule has 0 amide bonds. The van der Waals surface area contributed by atoms with E-state index in [1.807, 2.05) is 4.90 Å². The molecular formula is C30H29F6N5O4. The number of carboxylic acids is 1. The molecule has 2 heterocycles. The molecule has 0 saturated carbocycles. The van der Waals surface area contributed by atoms with Crippen LogP contribution in [0.1, 0.15) is 27.0 Å². The molecule has 2 fully saturated rings. The van der Waals surface area contributed by atoms with Gasteiger partial charge in [0, 0.05) is 70.7 Å². The second kappa shape index (κ2) is 12.5. The SMILES string of the molecule is O=C(O)c1cccc(CN2CCN(c3cc(N4CCN(c5cccc(C(F)(F)F)c5)CC4)c([N+](=O)[O-])cc3C(F)(F)F)CC2)c1. The largest absolute Gasteiger partial charge is 0.478 e. The number of hydrogen-bond donors (Lipinski definition) is 1. The van der Waals surface area contributed by atoms with Gasteiger partial charge in [0.25, 0.3) is 5.69 Å². The van der Waals surface area contributed by atoms with Crippen LogP contribution in [0.3, 0.4) is 0 Å². The Morgan fingerprint density at radius 3 is 1.96 bits per heavy atom.